The molecule has 2 aromatic carbocycles. The molecule has 0 radical (unpaired) electrons. The summed E-state index contributed by atoms with van der Waals surface area (Å²) in [6.07, 6.45) is 0.898. The second-order valence-electron chi connectivity index (χ2n) is 9.04. The number of carbonyl (C=O) groups excluding carboxylic acids is 1. The van der Waals surface area contributed by atoms with Crippen molar-refractivity contribution in [3.8, 4) is 17.6 Å². The average Bonchev–Trinajstić information content (AvgIpc) is 3.19. The molecule has 190 valence electrons. The number of anilines is 2. The number of hydrazine groups is 1. The van der Waals surface area contributed by atoms with Crippen molar-refractivity contribution < 1.29 is 14.3 Å². The third-order valence-corrected chi connectivity index (χ3v) is 5.58. The number of nitrogens with two attached hydrogens (primary N) is 2. The molecule has 4 aromatic rings. The van der Waals surface area contributed by atoms with Gasteiger partial charge in [0.05, 0.1) is 34.6 Å². The van der Waals surface area contributed by atoms with E-state index in [1.807, 2.05) is 6.07 Å². The first-order valence-electron chi connectivity index (χ1n) is 11.0. The number of nitrogens with zero attached hydrogens (tertiary/aromatic N) is 5. The SMILES string of the molecule is CC(C)(C)OC(=O)n1nc(CN(N)c2ccc(Cl)c(Oc3cc(Cl)cc(C#N)c3)c2N)c2cccnc21. The Labute approximate surface area is 222 Å². The zero-order chi connectivity index (χ0) is 26.9. The number of halogens is 2. The van der Waals surface area contributed by atoms with Gasteiger partial charge in [-0.25, -0.2) is 15.6 Å². The number of carbonyl (C=O) groups is 1. The number of ether oxygens (including phenoxy) is 2. The number of hydrogen-bond acceptors (Lipinski definition) is 9. The number of aromatic nitrogens is 3. The lowest BCUT2D eigenvalue weighted by Gasteiger charge is -2.22. The van der Waals surface area contributed by atoms with Crippen LogP contribution in [0.15, 0.2) is 48.7 Å². The highest BCUT2D eigenvalue weighted by molar-refractivity contribution is 6.33. The van der Waals surface area contributed by atoms with E-state index in [0.29, 0.717) is 33.0 Å². The van der Waals surface area contributed by atoms with Gasteiger partial charge in [0.15, 0.2) is 11.4 Å². The second-order valence-corrected chi connectivity index (χ2v) is 9.88. The summed E-state index contributed by atoms with van der Waals surface area (Å²) < 4.78 is 12.5. The standard InChI is InChI=1S/C25H23Cl2N7O3/c1-25(2,3)37-24(35)34-23-17(5-4-8-31-23)19(32-34)13-33(30)20-7-6-18(27)22(21(20)29)36-16-10-14(12-28)9-15(26)11-16/h4-11H,13,29-30H2,1-3H3. The van der Waals surface area contributed by atoms with Crippen LogP contribution >= 0.6 is 23.2 Å². The van der Waals surface area contributed by atoms with Crippen molar-refractivity contribution >= 4 is 51.7 Å². The van der Waals surface area contributed by atoms with Gasteiger partial charge in [0.1, 0.15) is 17.0 Å². The van der Waals surface area contributed by atoms with Gasteiger partial charge in [-0.2, -0.15) is 10.4 Å². The minimum Gasteiger partial charge on any atom is -0.453 e. The summed E-state index contributed by atoms with van der Waals surface area (Å²) in [6, 6.07) is 13.3. The highest BCUT2D eigenvalue weighted by atomic mass is 35.5. The lowest BCUT2D eigenvalue weighted by atomic mass is 10.2. The minimum atomic E-state index is -0.713. The predicted octanol–water partition coefficient (Wildman–Crippen LogP) is 5.65. The molecular formula is C25H23Cl2N7O3. The summed E-state index contributed by atoms with van der Waals surface area (Å²) in [5.74, 6) is 6.82. The molecule has 4 N–H and O–H groups in total. The molecule has 0 unspecified atom stereocenters. The molecule has 0 fully saturated rings. The zero-order valence-electron chi connectivity index (χ0n) is 20.2. The van der Waals surface area contributed by atoms with Crippen molar-refractivity contribution in [2.75, 3.05) is 10.7 Å². The summed E-state index contributed by atoms with van der Waals surface area (Å²) in [5, 5.41) is 16.2. The van der Waals surface area contributed by atoms with E-state index in [0.717, 1.165) is 4.68 Å². The van der Waals surface area contributed by atoms with Gasteiger partial charge in [0.25, 0.3) is 0 Å². The maximum atomic E-state index is 12.7. The van der Waals surface area contributed by atoms with Gasteiger partial charge >= 0.3 is 6.09 Å². The molecule has 0 saturated heterocycles. The average molecular weight is 540 g/mol. The van der Waals surface area contributed by atoms with Crippen LogP contribution in [0, 0.1) is 11.3 Å². The first-order valence-corrected chi connectivity index (χ1v) is 11.8. The summed E-state index contributed by atoms with van der Waals surface area (Å²) in [7, 11) is 0. The van der Waals surface area contributed by atoms with Crippen molar-refractivity contribution in [3.05, 3.63) is 70.0 Å². The number of hydrogen-bond donors (Lipinski definition) is 2. The van der Waals surface area contributed by atoms with Gasteiger partial charge in [-0.05, 0) is 63.2 Å². The van der Waals surface area contributed by atoms with E-state index in [2.05, 4.69) is 10.1 Å². The van der Waals surface area contributed by atoms with Crippen molar-refractivity contribution in [1.29, 1.82) is 5.26 Å². The monoisotopic (exact) mass is 539 g/mol. The minimum absolute atomic E-state index is 0.0685. The fourth-order valence-electron chi connectivity index (χ4n) is 3.53. The molecule has 4 rings (SSSR count). The summed E-state index contributed by atoms with van der Waals surface area (Å²) in [5.41, 5.74) is 7.35. The Morgan fingerprint density at radius 3 is 2.68 bits per heavy atom. The third kappa shape index (κ3) is 5.70. The van der Waals surface area contributed by atoms with Crippen LogP contribution in [0.2, 0.25) is 10.0 Å². The summed E-state index contributed by atoms with van der Waals surface area (Å²) in [4.78, 5) is 17.0. The van der Waals surface area contributed by atoms with Crippen LogP contribution in [0.1, 0.15) is 32.0 Å². The van der Waals surface area contributed by atoms with E-state index in [4.69, 9.17) is 44.3 Å². The molecule has 0 aliphatic carbocycles. The van der Waals surface area contributed by atoms with E-state index in [1.165, 1.54) is 23.2 Å². The maximum Gasteiger partial charge on any atom is 0.437 e. The first kappa shape index (κ1) is 26.0. The molecule has 12 heteroatoms. The predicted molar refractivity (Wildman–Crippen MR) is 142 cm³/mol. The zero-order valence-corrected chi connectivity index (χ0v) is 21.7. The fraction of sp³-hybridized carbons (Fsp3) is 0.200. The van der Waals surface area contributed by atoms with Gasteiger partial charge in [0, 0.05) is 16.6 Å². The van der Waals surface area contributed by atoms with Gasteiger partial charge in [-0.3, -0.25) is 0 Å². The Morgan fingerprint density at radius 2 is 1.97 bits per heavy atom. The molecular weight excluding hydrogens is 517 g/mol. The van der Waals surface area contributed by atoms with E-state index >= 15 is 0 Å². The lowest BCUT2D eigenvalue weighted by Crippen LogP contribution is -2.31. The quantitative estimate of drug-likeness (QED) is 0.186. The lowest BCUT2D eigenvalue weighted by molar-refractivity contribution is 0.0521. The van der Waals surface area contributed by atoms with Crippen LogP contribution < -0.4 is 21.3 Å². The molecule has 0 saturated carbocycles. The van der Waals surface area contributed by atoms with Crippen LogP contribution in [0.25, 0.3) is 11.0 Å². The summed E-state index contributed by atoms with van der Waals surface area (Å²) in [6.45, 7) is 5.36. The molecule has 0 atom stereocenters. The molecule has 0 bridgehead atoms. The Balaban J connectivity index is 1.67. The Kier molecular flexibility index (Phi) is 7.14. The van der Waals surface area contributed by atoms with E-state index in [-0.39, 0.29) is 28.8 Å². The summed E-state index contributed by atoms with van der Waals surface area (Å²) >= 11 is 12.4. The molecule has 0 aliphatic heterocycles. The van der Waals surface area contributed by atoms with Crippen molar-refractivity contribution in [3.63, 3.8) is 0 Å². The van der Waals surface area contributed by atoms with Gasteiger partial charge in [-0.1, -0.05) is 23.2 Å². The molecule has 37 heavy (non-hydrogen) atoms. The molecule has 0 amide bonds. The number of benzene rings is 2. The van der Waals surface area contributed by atoms with Crippen molar-refractivity contribution in [1.82, 2.24) is 14.8 Å². The van der Waals surface area contributed by atoms with Crippen molar-refractivity contribution in [2.24, 2.45) is 5.84 Å². The number of pyridine rings is 1. The Morgan fingerprint density at radius 1 is 1.22 bits per heavy atom. The van der Waals surface area contributed by atoms with Gasteiger partial charge < -0.3 is 20.2 Å². The third-order valence-electron chi connectivity index (χ3n) is 5.06. The largest absolute Gasteiger partial charge is 0.453 e. The molecule has 10 nitrogen and oxygen atoms in total. The van der Waals surface area contributed by atoms with E-state index < -0.39 is 11.7 Å². The van der Waals surface area contributed by atoms with Gasteiger partial charge in [-0.15, -0.1) is 4.68 Å². The highest BCUT2D eigenvalue weighted by Crippen LogP contribution is 2.41. The number of rotatable bonds is 5. The number of nitrogen functional groups attached to an aromatic ring is 1. The number of nitriles is 1. The smallest absolute Gasteiger partial charge is 0.437 e. The van der Waals surface area contributed by atoms with Gasteiger partial charge in [0.2, 0.25) is 0 Å². The fourth-order valence-corrected chi connectivity index (χ4v) is 3.96. The second kappa shape index (κ2) is 10.1. The molecule has 2 aromatic heterocycles. The normalized spacial score (nSPS) is 11.3. The van der Waals surface area contributed by atoms with E-state index in [1.54, 1.807) is 51.2 Å². The molecule has 2 heterocycles. The number of fused-ring (bicyclic) bond motifs is 1. The first-order chi connectivity index (χ1) is 17.5. The maximum absolute atomic E-state index is 12.7. The topological polar surface area (TPSA) is 145 Å². The van der Waals surface area contributed by atoms with Crippen LogP contribution in [0.3, 0.4) is 0 Å². The van der Waals surface area contributed by atoms with Crippen LogP contribution in [0.4, 0.5) is 16.2 Å². The van der Waals surface area contributed by atoms with Crippen LogP contribution in [0.5, 0.6) is 11.5 Å². The highest BCUT2D eigenvalue weighted by Gasteiger charge is 2.24. The molecule has 0 spiro atoms. The van der Waals surface area contributed by atoms with Crippen LogP contribution in [-0.2, 0) is 11.3 Å². The Hall–Kier alpha value is -4.04. The van der Waals surface area contributed by atoms with E-state index in [9.17, 15) is 10.1 Å². The Bertz CT molecular complexity index is 1540. The molecule has 0 aliphatic rings. The van der Waals surface area contributed by atoms with Crippen LogP contribution in [-0.4, -0.2) is 26.5 Å². The van der Waals surface area contributed by atoms with Crippen molar-refractivity contribution in [2.45, 2.75) is 32.9 Å².